The summed E-state index contributed by atoms with van der Waals surface area (Å²) in [4.78, 5) is 13.3. The number of ether oxygens (including phenoxy) is 1. The van der Waals surface area contributed by atoms with Crippen molar-refractivity contribution in [2.75, 3.05) is 13.7 Å². The van der Waals surface area contributed by atoms with E-state index in [1.54, 1.807) is 0 Å². The standard InChI is InChI=1S/C9H17NO3/c1-6(2)10-5-7(11)4-8(10)9(12)13-3/h6-8,11H,4-5H2,1-3H3. The minimum absolute atomic E-state index is 0.245. The molecule has 4 nitrogen and oxygen atoms in total. The number of aliphatic hydroxyl groups is 1. The van der Waals surface area contributed by atoms with Gasteiger partial charge in [-0.05, 0) is 13.8 Å². The number of likely N-dealkylation sites (tertiary alicyclic amines) is 1. The van der Waals surface area contributed by atoms with Gasteiger partial charge in [-0.2, -0.15) is 0 Å². The molecule has 0 aromatic heterocycles. The molecule has 0 radical (unpaired) electrons. The highest BCUT2D eigenvalue weighted by atomic mass is 16.5. The van der Waals surface area contributed by atoms with Crippen molar-refractivity contribution in [1.29, 1.82) is 0 Å². The van der Waals surface area contributed by atoms with Crippen LogP contribution in [-0.2, 0) is 9.53 Å². The van der Waals surface area contributed by atoms with Gasteiger partial charge in [-0.15, -0.1) is 0 Å². The summed E-state index contributed by atoms with van der Waals surface area (Å²) in [5.74, 6) is -0.245. The van der Waals surface area contributed by atoms with Gasteiger partial charge in [-0.25, -0.2) is 0 Å². The van der Waals surface area contributed by atoms with Gasteiger partial charge in [0, 0.05) is 19.0 Å². The van der Waals surface area contributed by atoms with Crippen LogP contribution in [0.2, 0.25) is 0 Å². The van der Waals surface area contributed by atoms with Gasteiger partial charge in [0.2, 0.25) is 0 Å². The topological polar surface area (TPSA) is 49.8 Å². The molecule has 2 atom stereocenters. The number of β-amino-alcohol motifs (C(OH)–C–C–N with tert-alkyl or cyclic N) is 1. The molecule has 13 heavy (non-hydrogen) atoms. The van der Waals surface area contributed by atoms with E-state index in [-0.39, 0.29) is 18.1 Å². The van der Waals surface area contributed by atoms with Crippen LogP contribution in [0.25, 0.3) is 0 Å². The lowest BCUT2D eigenvalue weighted by molar-refractivity contribution is -0.146. The number of carbonyl (C=O) groups is 1. The molecule has 0 spiro atoms. The van der Waals surface area contributed by atoms with E-state index in [0.29, 0.717) is 13.0 Å². The van der Waals surface area contributed by atoms with Crippen LogP contribution in [0.3, 0.4) is 0 Å². The number of nitrogens with zero attached hydrogens (tertiary/aromatic N) is 1. The molecule has 0 aromatic carbocycles. The van der Waals surface area contributed by atoms with Gasteiger partial charge in [0.15, 0.2) is 0 Å². The SMILES string of the molecule is COC(=O)C1CC(O)CN1C(C)C. The average Bonchev–Trinajstić information content (AvgIpc) is 2.46. The van der Waals surface area contributed by atoms with E-state index in [1.807, 2.05) is 18.7 Å². The maximum absolute atomic E-state index is 11.3. The van der Waals surface area contributed by atoms with E-state index in [9.17, 15) is 9.90 Å². The van der Waals surface area contributed by atoms with E-state index in [1.165, 1.54) is 7.11 Å². The van der Waals surface area contributed by atoms with Crippen molar-refractivity contribution in [3.05, 3.63) is 0 Å². The molecule has 0 saturated carbocycles. The molecule has 1 heterocycles. The van der Waals surface area contributed by atoms with Gasteiger partial charge >= 0.3 is 5.97 Å². The Morgan fingerprint density at radius 3 is 2.69 bits per heavy atom. The molecule has 1 N–H and O–H groups in total. The molecule has 2 unspecified atom stereocenters. The third-order valence-corrected chi connectivity index (χ3v) is 2.45. The highest BCUT2D eigenvalue weighted by molar-refractivity contribution is 5.76. The van der Waals surface area contributed by atoms with Crippen molar-refractivity contribution >= 4 is 5.97 Å². The second-order valence-corrected chi connectivity index (χ2v) is 3.72. The molecule has 0 amide bonds. The van der Waals surface area contributed by atoms with E-state index >= 15 is 0 Å². The van der Waals surface area contributed by atoms with Crippen LogP contribution >= 0.6 is 0 Å². The summed E-state index contributed by atoms with van der Waals surface area (Å²) < 4.78 is 4.67. The second kappa shape index (κ2) is 4.07. The predicted molar refractivity (Wildman–Crippen MR) is 48.3 cm³/mol. The fourth-order valence-electron chi connectivity index (χ4n) is 1.78. The smallest absolute Gasteiger partial charge is 0.323 e. The lowest BCUT2D eigenvalue weighted by Crippen LogP contribution is -2.41. The fourth-order valence-corrected chi connectivity index (χ4v) is 1.78. The Morgan fingerprint density at radius 2 is 2.23 bits per heavy atom. The summed E-state index contributed by atoms with van der Waals surface area (Å²) in [5, 5.41) is 9.41. The molecular weight excluding hydrogens is 170 g/mol. The van der Waals surface area contributed by atoms with Crippen LogP contribution in [0.1, 0.15) is 20.3 Å². The Hall–Kier alpha value is -0.610. The largest absolute Gasteiger partial charge is 0.468 e. The first-order valence-corrected chi connectivity index (χ1v) is 4.58. The van der Waals surface area contributed by atoms with Crippen LogP contribution in [-0.4, -0.2) is 47.8 Å². The first kappa shape index (κ1) is 10.5. The van der Waals surface area contributed by atoms with Gasteiger partial charge in [-0.3, -0.25) is 9.69 Å². The minimum Gasteiger partial charge on any atom is -0.468 e. The second-order valence-electron chi connectivity index (χ2n) is 3.72. The highest BCUT2D eigenvalue weighted by Gasteiger charge is 2.37. The number of esters is 1. The zero-order valence-electron chi connectivity index (χ0n) is 8.36. The van der Waals surface area contributed by atoms with E-state index in [4.69, 9.17) is 0 Å². The monoisotopic (exact) mass is 187 g/mol. The Kier molecular flexibility index (Phi) is 3.27. The van der Waals surface area contributed by atoms with E-state index in [2.05, 4.69) is 4.74 Å². The average molecular weight is 187 g/mol. The maximum atomic E-state index is 11.3. The van der Waals surface area contributed by atoms with Crippen LogP contribution in [0.5, 0.6) is 0 Å². The summed E-state index contributed by atoms with van der Waals surface area (Å²) in [6.45, 7) is 4.58. The first-order chi connectivity index (χ1) is 6.06. The molecule has 1 saturated heterocycles. The predicted octanol–water partition coefficient (Wildman–Crippen LogP) is 0.00300. The summed E-state index contributed by atoms with van der Waals surface area (Å²) in [6.07, 6.45) is 0.0942. The Balaban J connectivity index is 2.66. The molecule has 1 rings (SSSR count). The normalized spacial score (nSPS) is 29.6. The van der Waals surface area contributed by atoms with Crippen LogP contribution in [0, 0.1) is 0 Å². The molecular formula is C9H17NO3. The molecule has 0 aromatic rings. The zero-order valence-corrected chi connectivity index (χ0v) is 8.36. The number of hydrogen-bond donors (Lipinski definition) is 1. The van der Waals surface area contributed by atoms with Crippen molar-refractivity contribution in [3.8, 4) is 0 Å². The van der Waals surface area contributed by atoms with Crippen molar-refractivity contribution in [2.24, 2.45) is 0 Å². The van der Waals surface area contributed by atoms with Crippen LogP contribution in [0.15, 0.2) is 0 Å². The third-order valence-electron chi connectivity index (χ3n) is 2.45. The summed E-state index contributed by atoms with van der Waals surface area (Å²) in [7, 11) is 1.38. The number of carbonyl (C=O) groups excluding carboxylic acids is 1. The number of rotatable bonds is 2. The lowest BCUT2D eigenvalue weighted by atomic mass is 10.2. The molecule has 4 heteroatoms. The van der Waals surface area contributed by atoms with Gasteiger partial charge < -0.3 is 9.84 Å². The highest BCUT2D eigenvalue weighted by Crippen LogP contribution is 2.21. The van der Waals surface area contributed by atoms with Gasteiger partial charge in [0.25, 0.3) is 0 Å². The summed E-state index contributed by atoms with van der Waals surface area (Å²) in [5.41, 5.74) is 0. The maximum Gasteiger partial charge on any atom is 0.323 e. The minimum atomic E-state index is -0.397. The number of methoxy groups -OCH3 is 1. The number of aliphatic hydroxyl groups excluding tert-OH is 1. The summed E-state index contributed by atoms with van der Waals surface area (Å²) >= 11 is 0. The lowest BCUT2D eigenvalue weighted by Gasteiger charge is -2.25. The summed E-state index contributed by atoms with van der Waals surface area (Å²) in [6, 6.07) is 0.00116. The van der Waals surface area contributed by atoms with Crippen LogP contribution in [0.4, 0.5) is 0 Å². The van der Waals surface area contributed by atoms with Crippen molar-refractivity contribution < 1.29 is 14.6 Å². The molecule has 0 aliphatic carbocycles. The van der Waals surface area contributed by atoms with Crippen molar-refractivity contribution in [3.63, 3.8) is 0 Å². The fraction of sp³-hybridized carbons (Fsp3) is 0.889. The van der Waals surface area contributed by atoms with Crippen molar-refractivity contribution in [2.45, 2.75) is 38.5 Å². The van der Waals surface area contributed by atoms with Crippen molar-refractivity contribution in [1.82, 2.24) is 4.90 Å². The molecule has 1 fully saturated rings. The van der Waals surface area contributed by atoms with Gasteiger partial charge in [0.1, 0.15) is 6.04 Å². The van der Waals surface area contributed by atoms with Gasteiger partial charge in [0.05, 0.1) is 13.2 Å². The molecule has 1 aliphatic rings. The zero-order chi connectivity index (χ0) is 10.0. The van der Waals surface area contributed by atoms with Crippen LogP contribution < -0.4 is 0 Å². The molecule has 76 valence electrons. The Morgan fingerprint density at radius 1 is 1.62 bits per heavy atom. The quantitative estimate of drug-likeness (QED) is 0.618. The molecule has 0 bridgehead atoms. The van der Waals surface area contributed by atoms with Gasteiger partial charge in [-0.1, -0.05) is 0 Å². The Labute approximate surface area is 78.5 Å². The van der Waals surface area contributed by atoms with E-state index in [0.717, 1.165) is 0 Å². The first-order valence-electron chi connectivity index (χ1n) is 4.58. The third kappa shape index (κ3) is 2.19. The Bertz CT molecular complexity index is 193. The number of hydrogen-bond acceptors (Lipinski definition) is 4. The molecule has 1 aliphatic heterocycles. The van der Waals surface area contributed by atoms with E-state index < -0.39 is 6.10 Å².